The molecule has 0 saturated heterocycles. The van der Waals surface area contributed by atoms with Crippen molar-refractivity contribution in [3.8, 4) is 5.75 Å². The third-order valence-electron chi connectivity index (χ3n) is 3.14. The average molecular weight is 270 g/mol. The molecule has 1 atom stereocenters. The summed E-state index contributed by atoms with van der Waals surface area (Å²) in [4.78, 5) is 0. The van der Waals surface area contributed by atoms with Crippen molar-refractivity contribution in [2.45, 2.75) is 25.2 Å². The van der Waals surface area contributed by atoms with Crippen molar-refractivity contribution in [2.24, 2.45) is 5.73 Å². The van der Waals surface area contributed by atoms with E-state index < -0.39 is 0 Å². The fourth-order valence-corrected chi connectivity index (χ4v) is 2.96. The second-order valence-electron chi connectivity index (χ2n) is 4.00. The van der Waals surface area contributed by atoms with Gasteiger partial charge in [-0.2, -0.15) is 0 Å². The van der Waals surface area contributed by atoms with Crippen LogP contribution in [0.15, 0.2) is 16.6 Å². The van der Waals surface area contributed by atoms with Crippen LogP contribution in [0.1, 0.15) is 29.9 Å². The van der Waals surface area contributed by atoms with E-state index in [9.17, 15) is 0 Å². The average Bonchev–Trinajstić information content (AvgIpc) is 2.28. The van der Waals surface area contributed by atoms with Crippen LogP contribution in [0.3, 0.4) is 0 Å². The second-order valence-corrected chi connectivity index (χ2v) is 4.86. The molecule has 2 N–H and O–H groups in total. The molecule has 1 unspecified atom stereocenters. The van der Waals surface area contributed by atoms with Crippen molar-refractivity contribution in [3.05, 3.63) is 27.7 Å². The summed E-state index contributed by atoms with van der Waals surface area (Å²) in [7, 11) is 1.70. The van der Waals surface area contributed by atoms with E-state index in [2.05, 4.69) is 22.0 Å². The smallest absolute Gasteiger partial charge is 0.120 e. The molecule has 0 aromatic heterocycles. The van der Waals surface area contributed by atoms with Crippen LogP contribution in [0.5, 0.6) is 5.75 Å². The molecule has 2 nitrogen and oxygen atoms in total. The Morgan fingerprint density at radius 2 is 2.33 bits per heavy atom. The van der Waals surface area contributed by atoms with Gasteiger partial charge in [0.2, 0.25) is 0 Å². The molecule has 2 rings (SSSR count). The highest BCUT2D eigenvalue weighted by molar-refractivity contribution is 9.10. The van der Waals surface area contributed by atoms with Crippen LogP contribution in [0, 0.1) is 0 Å². The van der Waals surface area contributed by atoms with Crippen molar-refractivity contribution in [3.63, 3.8) is 0 Å². The first-order valence-electron chi connectivity index (χ1n) is 5.32. The Kier molecular flexibility index (Phi) is 3.32. The molecule has 1 aromatic carbocycles. The maximum Gasteiger partial charge on any atom is 0.120 e. The van der Waals surface area contributed by atoms with Gasteiger partial charge >= 0.3 is 0 Å². The molecule has 0 radical (unpaired) electrons. The highest BCUT2D eigenvalue weighted by Gasteiger charge is 2.21. The molecule has 0 amide bonds. The second kappa shape index (κ2) is 4.54. The summed E-state index contributed by atoms with van der Waals surface area (Å²) in [6.45, 7) is 0.729. The van der Waals surface area contributed by atoms with Crippen LogP contribution in [0.2, 0.25) is 0 Å². The molecular weight excluding hydrogens is 254 g/mol. The number of halogens is 1. The predicted molar refractivity (Wildman–Crippen MR) is 65.4 cm³/mol. The SMILES string of the molecule is COc1cc(Br)c2c(c1)C(CN)CCC2. The minimum Gasteiger partial charge on any atom is -0.497 e. The highest BCUT2D eigenvalue weighted by atomic mass is 79.9. The van der Waals surface area contributed by atoms with Gasteiger partial charge in [0.15, 0.2) is 0 Å². The van der Waals surface area contributed by atoms with E-state index in [1.807, 2.05) is 6.07 Å². The molecule has 15 heavy (non-hydrogen) atoms. The fraction of sp³-hybridized carbons (Fsp3) is 0.500. The molecule has 82 valence electrons. The minimum absolute atomic E-state index is 0.500. The van der Waals surface area contributed by atoms with Crippen LogP contribution in [0.25, 0.3) is 0 Å². The zero-order valence-corrected chi connectivity index (χ0v) is 10.5. The predicted octanol–water partition coefficient (Wildman–Crippen LogP) is 2.84. The van der Waals surface area contributed by atoms with E-state index in [1.54, 1.807) is 7.11 Å². The van der Waals surface area contributed by atoms with Gasteiger partial charge in [-0.1, -0.05) is 15.9 Å². The number of methoxy groups -OCH3 is 1. The molecule has 1 aliphatic carbocycles. The Morgan fingerprint density at radius 1 is 1.53 bits per heavy atom. The Hall–Kier alpha value is -0.540. The lowest BCUT2D eigenvalue weighted by atomic mass is 9.83. The van der Waals surface area contributed by atoms with Gasteiger partial charge in [-0.3, -0.25) is 0 Å². The van der Waals surface area contributed by atoms with E-state index >= 15 is 0 Å². The maximum absolute atomic E-state index is 5.80. The summed E-state index contributed by atoms with van der Waals surface area (Å²) in [6, 6.07) is 4.18. The van der Waals surface area contributed by atoms with Crippen molar-refractivity contribution in [2.75, 3.05) is 13.7 Å². The molecule has 3 heteroatoms. The van der Waals surface area contributed by atoms with Gasteiger partial charge in [0.25, 0.3) is 0 Å². The number of rotatable bonds is 2. The largest absolute Gasteiger partial charge is 0.497 e. The molecule has 1 aromatic rings. The Labute approximate surface area is 98.9 Å². The Balaban J connectivity index is 2.48. The number of hydrogen-bond donors (Lipinski definition) is 1. The third kappa shape index (κ3) is 2.04. The summed E-state index contributed by atoms with van der Waals surface area (Å²) >= 11 is 3.61. The molecule has 0 bridgehead atoms. The summed E-state index contributed by atoms with van der Waals surface area (Å²) in [6.07, 6.45) is 3.58. The topological polar surface area (TPSA) is 35.2 Å². The summed E-state index contributed by atoms with van der Waals surface area (Å²) in [5, 5.41) is 0. The quantitative estimate of drug-likeness (QED) is 0.896. The normalized spacial score (nSPS) is 19.8. The first-order chi connectivity index (χ1) is 7.26. The summed E-state index contributed by atoms with van der Waals surface area (Å²) in [5.41, 5.74) is 8.59. The maximum atomic E-state index is 5.80. The number of hydrogen-bond acceptors (Lipinski definition) is 2. The van der Waals surface area contributed by atoms with Gasteiger partial charge < -0.3 is 10.5 Å². The van der Waals surface area contributed by atoms with E-state index in [1.165, 1.54) is 24.0 Å². The molecule has 1 aliphatic rings. The standard InChI is InChI=1S/C12H16BrNO/c1-15-9-5-11-8(7-14)3-2-4-10(11)12(13)6-9/h5-6,8H,2-4,7,14H2,1H3. The van der Waals surface area contributed by atoms with Gasteiger partial charge in [-0.25, -0.2) is 0 Å². The molecule has 0 heterocycles. The van der Waals surface area contributed by atoms with E-state index in [0.717, 1.165) is 23.2 Å². The molecule has 0 aliphatic heterocycles. The van der Waals surface area contributed by atoms with Crippen LogP contribution >= 0.6 is 15.9 Å². The zero-order valence-electron chi connectivity index (χ0n) is 8.92. The van der Waals surface area contributed by atoms with E-state index in [-0.39, 0.29) is 0 Å². The van der Waals surface area contributed by atoms with Crippen LogP contribution < -0.4 is 10.5 Å². The van der Waals surface area contributed by atoms with E-state index in [4.69, 9.17) is 10.5 Å². The van der Waals surface area contributed by atoms with Crippen molar-refractivity contribution in [1.29, 1.82) is 0 Å². The molecule has 0 spiro atoms. The number of ether oxygens (including phenoxy) is 1. The van der Waals surface area contributed by atoms with Crippen molar-refractivity contribution in [1.82, 2.24) is 0 Å². The highest BCUT2D eigenvalue weighted by Crippen LogP contribution is 2.37. The third-order valence-corrected chi connectivity index (χ3v) is 3.85. The summed E-state index contributed by atoms with van der Waals surface area (Å²) < 4.78 is 6.45. The number of benzene rings is 1. The van der Waals surface area contributed by atoms with Crippen LogP contribution in [0.4, 0.5) is 0 Å². The van der Waals surface area contributed by atoms with Gasteiger partial charge in [-0.05, 0) is 55.0 Å². The lowest BCUT2D eigenvalue weighted by molar-refractivity contribution is 0.412. The number of fused-ring (bicyclic) bond motifs is 1. The first-order valence-corrected chi connectivity index (χ1v) is 6.12. The number of nitrogens with two attached hydrogens (primary N) is 1. The van der Waals surface area contributed by atoms with Gasteiger partial charge in [0.1, 0.15) is 5.75 Å². The molecular formula is C12H16BrNO. The van der Waals surface area contributed by atoms with Gasteiger partial charge in [0.05, 0.1) is 7.11 Å². The lowest BCUT2D eigenvalue weighted by Gasteiger charge is -2.25. The lowest BCUT2D eigenvalue weighted by Crippen LogP contribution is -2.18. The zero-order chi connectivity index (χ0) is 10.8. The Bertz CT molecular complexity index is 365. The van der Waals surface area contributed by atoms with Crippen LogP contribution in [-0.2, 0) is 6.42 Å². The van der Waals surface area contributed by atoms with Gasteiger partial charge in [-0.15, -0.1) is 0 Å². The monoisotopic (exact) mass is 269 g/mol. The van der Waals surface area contributed by atoms with E-state index in [0.29, 0.717) is 5.92 Å². The van der Waals surface area contributed by atoms with Gasteiger partial charge in [0, 0.05) is 4.47 Å². The fourth-order valence-electron chi connectivity index (χ4n) is 2.30. The summed E-state index contributed by atoms with van der Waals surface area (Å²) in [5.74, 6) is 1.42. The van der Waals surface area contributed by atoms with Crippen molar-refractivity contribution >= 4 is 15.9 Å². The van der Waals surface area contributed by atoms with Crippen LogP contribution in [-0.4, -0.2) is 13.7 Å². The molecule has 0 fully saturated rings. The Morgan fingerprint density at radius 3 is 3.00 bits per heavy atom. The first kappa shape index (κ1) is 11.0. The molecule has 0 saturated carbocycles. The minimum atomic E-state index is 0.500. The van der Waals surface area contributed by atoms with Crippen molar-refractivity contribution < 1.29 is 4.74 Å².